The predicted molar refractivity (Wildman–Crippen MR) is 71.0 cm³/mol. The lowest BCUT2D eigenvalue weighted by Gasteiger charge is -2.10. The lowest BCUT2D eigenvalue weighted by Crippen LogP contribution is -2.25. The Labute approximate surface area is 111 Å². The Morgan fingerprint density at radius 3 is 2.95 bits per heavy atom. The Bertz CT molecular complexity index is 624. The Hall–Kier alpha value is -1.93. The summed E-state index contributed by atoms with van der Waals surface area (Å²) in [4.78, 5) is 3.93. The Morgan fingerprint density at radius 2 is 2.26 bits per heavy atom. The van der Waals surface area contributed by atoms with E-state index in [4.69, 9.17) is 0 Å². The van der Waals surface area contributed by atoms with E-state index in [-0.39, 0.29) is 11.6 Å². The minimum atomic E-state index is -3.65. The molecule has 19 heavy (non-hydrogen) atoms. The third kappa shape index (κ3) is 3.30. The molecule has 2 aromatic rings. The second-order valence-corrected chi connectivity index (χ2v) is 5.50. The van der Waals surface area contributed by atoms with E-state index >= 15 is 0 Å². The van der Waals surface area contributed by atoms with E-state index in [0.717, 1.165) is 5.56 Å². The molecular formula is C11H15N5O2S. The zero-order chi connectivity index (χ0) is 13.7. The van der Waals surface area contributed by atoms with E-state index in [9.17, 15) is 8.42 Å². The fourth-order valence-corrected chi connectivity index (χ4v) is 2.67. The SMILES string of the molecule is CCNc1cccnc1S(=O)(=O)NCc1cn[nH]c1. The van der Waals surface area contributed by atoms with Gasteiger partial charge in [0.2, 0.25) is 0 Å². The average Bonchev–Trinajstić information content (AvgIpc) is 2.91. The molecule has 3 N–H and O–H groups in total. The smallest absolute Gasteiger partial charge is 0.260 e. The molecule has 0 saturated carbocycles. The van der Waals surface area contributed by atoms with E-state index in [2.05, 4.69) is 25.2 Å². The number of pyridine rings is 1. The number of hydrogen-bond donors (Lipinski definition) is 3. The fourth-order valence-electron chi connectivity index (χ4n) is 1.55. The molecule has 0 aliphatic carbocycles. The van der Waals surface area contributed by atoms with Gasteiger partial charge >= 0.3 is 0 Å². The first kappa shape index (κ1) is 13.5. The molecule has 102 valence electrons. The van der Waals surface area contributed by atoms with E-state index < -0.39 is 10.0 Å². The zero-order valence-electron chi connectivity index (χ0n) is 10.4. The molecule has 0 atom stereocenters. The third-order valence-corrected chi connectivity index (χ3v) is 3.77. The van der Waals surface area contributed by atoms with Gasteiger partial charge in [-0.3, -0.25) is 5.10 Å². The molecule has 0 aliphatic rings. The Balaban J connectivity index is 2.19. The average molecular weight is 281 g/mol. The zero-order valence-corrected chi connectivity index (χ0v) is 11.2. The molecule has 0 radical (unpaired) electrons. The maximum Gasteiger partial charge on any atom is 0.260 e. The van der Waals surface area contributed by atoms with Crippen molar-refractivity contribution in [1.82, 2.24) is 19.9 Å². The highest BCUT2D eigenvalue weighted by atomic mass is 32.2. The summed E-state index contributed by atoms with van der Waals surface area (Å²) in [7, 11) is -3.65. The first-order valence-electron chi connectivity index (χ1n) is 5.79. The van der Waals surface area contributed by atoms with Gasteiger partial charge in [-0.2, -0.15) is 5.10 Å². The number of nitrogens with one attached hydrogen (secondary N) is 3. The largest absolute Gasteiger partial charge is 0.383 e. The molecular weight excluding hydrogens is 266 g/mol. The number of aromatic amines is 1. The van der Waals surface area contributed by atoms with Gasteiger partial charge in [0.05, 0.1) is 11.9 Å². The van der Waals surface area contributed by atoms with Crippen LogP contribution in [0.25, 0.3) is 0 Å². The van der Waals surface area contributed by atoms with Gasteiger partial charge in [0, 0.05) is 31.0 Å². The first-order chi connectivity index (χ1) is 9.13. The van der Waals surface area contributed by atoms with Crippen molar-refractivity contribution in [3.63, 3.8) is 0 Å². The van der Waals surface area contributed by atoms with E-state index in [0.29, 0.717) is 12.2 Å². The quantitative estimate of drug-likeness (QED) is 0.724. The van der Waals surface area contributed by atoms with Crippen LogP contribution in [0.4, 0.5) is 5.69 Å². The highest BCUT2D eigenvalue weighted by Gasteiger charge is 2.19. The van der Waals surface area contributed by atoms with Gasteiger partial charge in [0.15, 0.2) is 5.03 Å². The third-order valence-electron chi connectivity index (χ3n) is 2.41. The molecule has 2 rings (SSSR count). The van der Waals surface area contributed by atoms with E-state index in [1.165, 1.54) is 6.20 Å². The van der Waals surface area contributed by atoms with Crippen molar-refractivity contribution >= 4 is 15.7 Å². The molecule has 2 heterocycles. The molecule has 8 heteroatoms. The number of H-pyrrole nitrogens is 1. The van der Waals surface area contributed by atoms with Gasteiger partial charge < -0.3 is 5.32 Å². The second kappa shape index (κ2) is 5.81. The van der Waals surface area contributed by atoms with Gasteiger partial charge in [0.1, 0.15) is 0 Å². The highest BCUT2D eigenvalue weighted by molar-refractivity contribution is 7.89. The lowest BCUT2D eigenvalue weighted by molar-refractivity contribution is 0.578. The summed E-state index contributed by atoms with van der Waals surface area (Å²) in [6.07, 6.45) is 4.64. The topological polar surface area (TPSA) is 99.8 Å². The number of nitrogens with zero attached hydrogens (tertiary/aromatic N) is 2. The molecule has 0 aromatic carbocycles. The molecule has 0 amide bonds. The number of sulfonamides is 1. The van der Waals surface area contributed by atoms with Crippen molar-refractivity contribution < 1.29 is 8.42 Å². The van der Waals surface area contributed by atoms with Crippen LogP contribution in [0.2, 0.25) is 0 Å². The molecule has 0 saturated heterocycles. The van der Waals surface area contributed by atoms with Crippen LogP contribution < -0.4 is 10.0 Å². The lowest BCUT2D eigenvalue weighted by atomic mass is 10.4. The van der Waals surface area contributed by atoms with Crippen molar-refractivity contribution in [3.05, 3.63) is 36.3 Å². The molecule has 0 aliphatic heterocycles. The number of hydrogen-bond acceptors (Lipinski definition) is 5. The molecule has 0 fully saturated rings. The van der Waals surface area contributed by atoms with Crippen molar-refractivity contribution in [2.45, 2.75) is 18.5 Å². The van der Waals surface area contributed by atoms with Crippen LogP contribution in [0.5, 0.6) is 0 Å². The van der Waals surface area contributed by atoms with Gasteiger partial charge in [-0.25, -0.2) is 18.1 Å². The highest BCUT2D eigenvalue weighted by Crippen LogP contribution is 2.17. The van der Waals surface area contributed by atoms with Crippen molar-refractivity contribution in [2.24, 2.45) is 0 Å². The van der Waals surface area contributed by atoms with Crippen LogP contribution >= 0.6 is 0 Å². The van der Waals surface area contributed by atoms with Crippen molar-refractivity contribution in [3.8, 4) is 0 Å². The van der Waals surface area contributed by atoms with E-state index in [1.807, 2.05) is 6.92 Å². The van der Waals surface area contributed by atoms with Crippen LogP contribution in [-0.4, -0.2) is 30.1 Å². The molecule has 7 nitrogen and oxygen atoms in total. The van der Waals surface area contributed by atoms with E-state index in [1.54, 1.807) is 24.5 Å². The summed E-state index contributed by atoms with van der Waals surface area (Å²) >= 11 is 0. The fraction of sp³-hybridized carbons (Fsp3) is 0.273. The maximum absolute atomic E-state index is 12.2. The van der Waals surface area contributed by atoms with Crippen LogP contribution in [0.1, 0.15) is 12.5 Å². The minimum Gasteiger partial charge on any atom is -0.383 e. The molecule has 0 bridgehead atoms. The predicted octanol–water partition coefficient (Wildman–Crippen LogP) is 0.715. The Kier molecular flexibility index (Phi) is 4.13. The van der Waals surface area contributed by atoms with Gasteiger partial charge in [0.25, 0.3) is 10.0 Å². The summed E-state index contributed by atoms with van der Waals surface area (Å²) in [6, 6.07) is 3.37. The standard InChI is InChI=1S/C11H15N5O2S/c1-2-12-10-4-3-5-13-11(10)19(17,18)16-8-9-6-14-15-7-9/h3-7,12,16H,2,8H2,1H3,(H,14,15). The number of aromatic nitrogens is 3. The van der Waals surface area contributed by atoms with Crippen LogP contribution in [0.3, 0.4) is 0 Å². The maximum atomic E-state index is 12.2. The molecule has 0 unspecified atom stereocenters. The minimum absolute atomic E-state index is 0.000319. The normalized spacial score (nSPS) is 11.4. The number of anilines is 1. The summed E-state index contributed by atoms with van der Waals surface area (Å²) in [6.45, 7) is 2.68. The molecule has 0 spiro atoms. The molecule has 2 aromatic heterocycles. The van der Waals surface area contributed by atoms with Crippen LogP contribution in [0, 0.1) is 0 Å². The van der Waals surface area contributed by atoms with Crippen LogP contribution in [-0.2, 0) is 16.6 Å². The van der Waals surface area contributed by atoms with Gasteiger partial charge in [-0.1, -0.05) is 0 Å². The number of rotatable bonds is 6. The monoisotopic (exact) mass is 281 g/mol. The summed E-state index contributed by atoms with van der Waals surface area (Å²) < 4.78 is 26.8. The summed E-state index contributed by atoms with van der Waals surface area (Å²) in [5, 5.41) is 9.35. The van der Waals surface area contributed by atoms with Crippen molar-refractivity contribution in [1.29, 1.82) is 0 Å². The van der Waals surface area contributed by atoms with Crippen LogP contribution in [0.15, 0.2) is 35.7 Å². The van der Waals surface area contributed by atoms with Gasteiger partial charge in [-0.15, -0.1) is 0 Å². The first-order valence-corrected chi connectivity index (χ1v) is 7.28. The van der Waals surface area contributed by atoms with Gasteiger partial charge in [-0.05, 0) is 19.1 Å². The Morgan fingerprint density at radius 1 is 1.42 bits per heavy atom. The summed E-state index contributed by atoms with van der Waals surface area (Å²) in [5.41, 5.74) is 1.24. The van der Waals surface area contributed by atoms with Crippen molar-refractivity contribution in [2.75, 3.05) is 11.9 Å². The summed E-state index contributed by atoms with van der Waals surface area (Å²) in [5.74, 6) is 0. The second-order valence-electron chi connectivity index (χ2n) is 3.82.